The molecule has 0 atom stereocenters. The molecule has 0 N–H and O–H groups in total. The Hall–Kier alpha value is -0.730. The first kappa shape index (κ1) is 14.3. The summed E-state index contributed by atoms with van der Waals surface area (Å²) in [6.45, 7) is 1.04. The number of halogens is 6. The summed E-state index contributed by atoms with van der Waals surface area (Å²) in [5.74, 6) is -0.682. The second-order valence-corrected chi connectivity index (χ2v) is 4.44. The average Bonchev–Trinajstić information content (AvgIpc) is 2.13. The standard InChI is InChI=1S/C10H6F5IO/c1-4(17)8-6(9(11)12)2-5(3-7(8)16)10(13,14)15/h2-3,9H,1H3. The van der Waals surface area contributed by atoms with E-state index >= 15 is 0 Å². The molecule has 0 aliphatic carbocycles. The van der Waals surface area contributed by atoms with Crippen molar-refractivity contribution in [2.45, 2.75) is 19.5 Å². The molecular formula is C10H6F5IO. The molecular weight excluding hydrogens is 358 g/mol. The van der Waals surface area contributed by atoms with Crippen molar-refractivity contribution in [1.82, 2.24) is 0 Å². The van der Waals surface area contributed by atoms with Crippen LogP contribution in [0.25, 0.3) is 0 Å². The van der Waals surface area contributed by atoms with Gasteiger partial charge in [-0.05, 0) is 41.6 Å². The van der Waals surface area contributed by atoms with Crippen LogP contribution in [-0.2, 0) is 6.18 Å². The van der Waals surface area contributed by atoms with Gasteiger partial charge in [0.25, 0.3) is 6.43 Å². The molecule has 0 amide bonds. The van der Waals surface area contributed by atoms with E-state index in [1.165, 1.54) is 22.6 Å². The molecule has 1 rings (SSSR count). The highest BCUT2D eigenvalue weighted by molar-refractivity contribution is 14.1. The van der Waals surface area contributed by atoms with Gasteiger partial charge in [0.15, 0.2) is 5.78 Å². The fourth-order valence-electron chi connectivity index (χ4n) is 1.34. The number of rotatable bonds is 2. The normalized spacial score (nSPS) is 12.0. The Balaban J connectivity index is 3.52. The number of ketones is 1. The molecule has 0 radical (unpaired) electrons. The third-order valence-electron chi connectivity index (χ3n) is 2.04. The number of hydrogen-bond acceptors (Lipinski definition) is 1. The van der Waals surface area contributed by atoms with E-state index in [2.05, 4.69) is 0 Å². The van der Waals surface area contributed by atoms with E-state index in [1.54, 1.807) is 0 Å². The number of benzene rings is 1. The van der Waals surface area contributed by atoms with Crippen LogP contribution in [0.3, 0.4) is 0 Å². The maximum Gasteiger partial charge on any atom is 0.416 e. The first-order chi connectivity index (χ1) is 7.64. The summed E-state index contributed by atoms with van der Waals surface area (Å²) in [5.41, 5.74) is -2.41. The second kappa shape index (κ2) is 4.87. The molecule has 7 heteroatoms. The Labute approximate surface area is 107 Å². The molecule has 94 valence electrons. The van der Waals surface area contributed by atoms with Crippen LogP contribution in [0, 0.1) is 3.57 Å². The van der Waals surface area contributed by atoms with Crippen molar-refractivity contribution in [2.24, 2.45) is 0 Å². The number of alkyl halides is 5. The predicted octanol–water partition coefficient (Wildman–Crippen LogP) is 4.45. The van der Waals surface area contributed by atoms with Crippen LogP contribution in [0.15, 0.2) is 12.1 Å². The molecule has 0 aliphatic rings. The van der Waals surface area contributed by atoms with Gasteiger partial charge < -0.3 is 0 Å². The molecule has 0 saturated heterocycles. The first-order valence-corrected chi connectivity index (χ1v) is 5.42. The summed E-state index contributed by atoms with van der Waals surface area (Å²) >= 11 is 1.45. The Morgan fingerprint density at radius 1 is 1.29 bits per heavy atom. The monoisotopic (exact) mass is 364 g/mol. The Kier molecular flexibility index (Phi) is 4.11. The fourth-order valence-corrected chi connectivity index (χ4v) is 2.36. The maximum absolute atomic E-state index is 12.6. The van der Waals surface area contributed by atoms with E-state index in [0.29, 0.717) is 12.1 Å². The summed E-state index contributed by atoms with van der Waals surface area (Å²) in [6.07, 6.45) is -7.83. The van der Waals surface area contributed by atoms with Crippen LogP contribution in [-0.4, -0.2) is 5.78 Å². The van der Waals surface area contributed by atoms with Gasteiger partial charge in [-0.25, -0.2) is 8.78 Å². The van der Waals surface area contributed by atoms with E-state index < -0.39 is 29.5 Å². The van der Waals surface area contributed by atoms with Crippen LogP contribution < -0.4 is 0 Å². The molecule has 1 aromatic carbocycles. The summed E-state index contributed by atoms with van der Waals surface area (Å²) in [5, 5.41) is 0. The van der Waals surface area contributed by atoms with E-state index in [-0.39, 0.29) is 9.13 Å². The lowest BCUT2D eigenvalue weighted by molar-refractivity contribution is -0.137. The van der Waals surface area contributed by atoms with Crippen molar-refractivity contribution in [3.8, 4) is 0 Å². The van der Waals surface area contributed by atoms with Crippen LogP contribution in [0.2, 0.25) is 0 Å². The fraction of sp³-hybridized carbons (Fsp3) is 0.300. The van der Waals surface area contributed by atoms with E-state index in [9.17, 15) is 26.7 Å². The molecule has 0 bridgehead atoms. The summed E-state index contributed by atoms with van der Waals surface area (Å²) in [4.78, 5) is 11.1. The molecule has 1 aromatic rings. The molecule has 0 aromatic heterocycles. The smallest absolute Gasteiger partial charge is 0.294 e. The van der Waals surface area contributed by atoms with Crippen LogP contribution in [0.1, 0.15) is 34.8 Å². The quantitative estimate of drug-likeness (QED) is 0.431. The van der Waals surface area contributed by atoms with Gasteiger partial charge in [0, 0.05) is 14.7 Å². The predicted molar refractivity (Wildman–Crippen MR) is 59.1 cm³/mol. The third-order valence-corrected chi connectivity index (χ3v) is 2.89. The maximum atomic E-state index is 12.6. The Bertz CT molecular complexity index is 453. The van der Waals surface area contributed by atoms with Gasteiger partial charge in [-0.1, -0.05) is 0 Å². The van der Waals surface area contributed by atoms with Crippen LogP contribution in [0.5, 0.6) is 0 Å². The van der Waals surface area contributed by atoms with E-state index in [0.717, 1.165) is 6.92 Å². The zero-order valence-electron chi connectivity index (χ0n) is 8.41. The lowest BCUT2D eigenvalue weighted by atomic mass is 10.0. The lowest BCUT2D eigenvalue weighted by Gasteiger charge is -2.13. The molecule has 1 nitrogen and oxygen atoms in total. The lowest BCUT2D eigenvalue weighted by Crippen LogP contribution is -2.11. The van der Waals surface area contributed by atoms with Crippen molar-refractivity contribution in [3.63, 3.8) is 0 Å². The number of carbonyl (C=O) groups is 1. The van der Waals surface area contributed by atoms with E-state index in [1.807, 2.05) is 0 Å². The van der Waals surface area contributed by atoms with Crippen LogP contribution in [0.4, 0.5) is 22.0 Å². The van der Waals surface area contributed by atoms with Gasteiger partial charge in [-0.2, -0.15) is 13.2 Å². The van der Waals surface area contributed by atoms with Gasteiger partial charge in [-0.15, -0.1) is 0 Å². The summed E-state index contributed by atoms with van der Waals surface area (Å²) < 4.78 is 62.3. The van der Waals surface area contributed by atoms with E-state index in [4.69, 9.17) is 0 Å². The first-order valence-electron chi connectivity index (χ1n) is 4.34. The van der Waals surface area contributed by atoms with Crippen molar-refractivity contribution in [3.05, 3.63) is 32.4 Å². The van der Waals surface area contributed by atoms with Gasteiger partial charge in [0.1, 0.15) is 0 Å². The van der Waals surface area contributed by atoms with Crippen LogP contribution >= 0.6 is 22.6 Å². The number of Topliss-reactive ketones (excluding diaryl/α,β-unsaturated/α-hetero) is 1. The van der Waals surface area contributed by atoms with Gasteiger partial charge in [-0.3, -0.25) is 4.79 Å². The minimum absolute atomic E-state index is 0.125. The van der Waals surface area contributed by atoms with Crippen molar-refractivity contribution >= 4 is 28.4 Å². The molecule has 0 aliphatic heterocycles. The second-order valence-electron chi connectivity index (χ2n) is 3.28. The minimum atomic E-state index is -4.71. The highest BCUT2D eigenvalue weighted by Crippen LogP contribution is 2.36. The zero-order valence-corrected chi connectivity index (χ0v) is 10.6. The van der Waals surface area contributed by atoms with Crippen molar-refractivity contribution in [1.29, 1.82) is 0 Å². The highest BCUT2D eigenvalue weighted by Gasteiger charge is 2.33. The Morgan fingerprint density at radius 3 is 2.18 bits per heavy atom. The zero-order chi connectivity index (χ0) is 13.4. The molecule has 0 fully saturated rings. The molecule has 0 saturated carbocycles. The molecule has 17 heavy (non-hydrogen) atoms. The molecule has 0 unspecified atom stereocenters. The topological polar surface area (TPSA) is 17.1 Å². The number of carbonyl (C=O) groups excluding carboxylic acids is 1. The third kappa shape index (κ3) is 3.14. The van der Waals surface area contributed by atoms with Crippen molar-refractivity contribution < 1.29 is 26.7 Å². The Morgan fingerprint density at radius 2 is 1.82 bits per heavy atom. The largest absolute Gasteiger partial charge is 0.416 e. The number of hydrogen-bond donors (Lipinski definition) is 0. The summed E-state index contributed by atoms with van der Waals surface area (Å²) in [7, 11) is 0. The van der Waals surface area contributed by atoms with Gasteiger partial charge >= 0.3 is 6.18 Å². The average molecular weight is 364 g/mol. The highest BCUT2D eigenvalue weighted by atomic mass is 127. The van der Waals surface area contributed by atoms with Crippen molar-refractivity contribution in [2.75, 3.05) is 0 Å². The van der Waals surface area contributed by atoms with Gasteiger partial charge in [0.2, 0.25) is 0 Å². The van der Waals surface area contributed by atoms with Gasteiger partial charge in [0.05, 0.1) is 5.56 Å². The minimum Gasteiger partial charge on any atom is -0.294 e. The summed E-state index contributed by atoms with van der Waals surface area (Å²) in [6, 6.07) is 1.01. The molecule has 0 heterocycles. The SMILES string of the molecule is CC(=O)c1c(I)cc(C(F)(F)F)cc1C(F)F. The molecule has 0 spiro atoms.